The summed E-state index contributed by atoms with van der Waals surface area (Å²) in [5, 5.41) is 6.77. The molecule has 0 aromatic rings. The maximum Gasteiger partial charge on any atom is 0.0176 e. The third-order valence-corrected chi connectivity index (χ3v) is 3.86. The van der Waals surface area contributed by atoms with Crippen molar-refractivity contribution in [1.29, 1.82) is 0 Å². The van der Waals surface area contributed by atoms with E-state index in [4.69, 9.17) is 0 Å². The average molecular weight is 200 g/mol. The van der Waals surface area contributed by atoms with Crippen molar-refractivity contribution in [3.05, 3.63) is 0 Å². The molecule has 0 saturated heterocycles. The minimum Gasteiger partial charge on any atom is -0.317 e. The number of hydrogen-bond acceptors (Lipinski definition) is 2. The monoisotopic (exact) mass is 200 g/mol. The van der Waals surface area contributed by atoms with Crippen LogP contribution in [0.3, 0.4) is 0 Å². The molecule has 14 heavy (non-hydrogen) atoms. The van der Waals surface area contributed by atoms with Crippen molar-refractivity contribution in [2.24, 2.45) is 5.92 Å². The van der Waals surface area contributed by atoms with Gasteiger partial charge in [0.25, 0.3) is 0 Å². The van der Waals surface area contributed by atoms with Gasteiger partial charge in [0, 0.05) is 11.6 Å². The Balaban J connectivity index is 4.11. The van der Waals surface area contributed by atoms with Crippen molar-refractivity contribution < 1.29 is 0 Å². The van der Waals surface area contributed by atoms with Gasteiger partial charge < -0.3 is 10.6 Å². The van der Waals surface area contributed by atoms with Crippen LogP contribution in [0.15, 0.2) is 0 Å². The van der Waals surface area contributed by atoms with E-state index >= 15 is 0 Å². The smallest absolute Gasteiger partial charge is 0.0176 e. The van der Waals surface area contributed by atoms with E-state index in [1.165, 1.54) is 19.3 Å². The van der Waals surface area contributed by atoms with Gasteiger partial charge in [0.15, 0.2) is 0 Å². The molecule has 0 radical (unpaired) electrons. The fourth-order valence-corrected chi connectivity index (χ4v) is 1.73. The third kappa shape index (κ3) is 3.97. The lowest BCUT2D eigenvalue weighted by Gasteiger charge is -2.36. The van der Waals surface area contributed by atoms with Crippen LogP contribution >= 0.6 is 0 Å². The molecule has 0 aromatic carbocycles. The van der Waals surface area contributed by atoms with Crippen LogP contribution in [0, 0.1) is 5.92 Å². The van der Waals surface area contributed by atoms with Crippen LogP contribution < -0.4 is 10.6 Å². The van der Waals surface area contributed by atoms with Crippen LogP contribution in [0.1, 0.15) is 47.0 Å². The maximum atomic E-state index is 3.48. The van der Waals surface area contributed by atoms with Gasteiger partial charge in [-0.2, -0.15) is 0 Å². The van der Waals surface area contributed by atoms with E-state index in [1.54, 1.807) is 0 Å². The third-order valence-electron chi connectivity index (χ3n) is 3.86. The zero-order valence-electron chi connectivity index (χ0n) is 10.8. The molecule has 3 atom stereocenters. The van der Waals surface area contributed by atoms with Gasteiger partial charge in [-0.3, -0.25) is 0 Å². The summed E-state index contributed by atoms with van der Waals surface area (Å²) in [5.74, 6) is 0.733. The quantitative estimate of drug-likeness (QED) is 0.659. The highest BCUT2D eigenvalue weighted by Crippen LogP contribution is 2.25. The number of nitrogens with one attached hydrogen (secondary N) is 2. The maximum absolute atomic E-state index is 3.48. The predicted octanol–water partition coefficient (Wildman–Crippen LogP) is 2.40. The van der Waals surface area contributed by atoms with Crippen LogP contribution in [0.25, 0.3) is 0 Å². The first-order valence-electron chi connectivity index (χ1n) is 5.86. The van der Waals surface area contributed by atoms with Gasteiger partial charge in [-0.1, -0.05) is 20.3 Å². The first-order valence-corrected chi connectivity index (χ1v) is 5.86. The van der Waals surface area contributed by atoms with Crippen LogP contribution in [0.2, 0.25) is 0 Å². The van der Waals surface area contributed by atoms with Gasteiger partial charge in [-0.05, 0) is 46.7 Å². The molecule has 0 aliphatic rings. The largest absolute Gasteiger partial charge is 0.317 e. The van der Waals surface area contributed by atoms with Gasteiger partial charge in [0.1, 0.15) is 0 Å². The Morgan fingerprint density at radius 1 is 1.21 bits per heavy atom. The van der Waals surface area contributed by atoms with E-state index in [9.17, 15) is 0 Å². The van der Waals surface area contributed by atoms with Gasteiger partial charge in [0.05, 0.1) is 0 Å². The lowest BCUT2D eigenvalue weighted by molar-refractivity contribution is 0.226. The SMILES string of the molecule is CCC(C)C(C)(CCC(C)NC)NC. The van der Waals surface area contributed by atoms with Gasteiger partial charge in [0.2, 0.25) is 0 Å². The minimum atomic E-state index is 0.292. The molecule has 0 fully saturated rings. The predicted molar refractivity (Wildman–Crippen MR) is 64.7 cm³/mol. The van der Waals surface area contributed by atoms with Gasteiger partial charge >= 0.3 is 0 Å². The lowest BCUT2D eigenvalue weighted by Crippen LogP contribution is -2.46. The number of hydrogen-bond donors (Lipinski definition) is 2. The van der Waals surface area contributed by atoms with E-state index in [-0.39, 0.29) is 0 Å². The van der Waals surface area contributed by atoms with Crippen molar-refractivity contribution in [1.82, 2.24) is 10.6 Å². The van der Waals surface area contributed by atoms with E-state index in [0.717, 1.165) is 5.92 Å². The molecule has 2 heteroatoms. The minimum absolute atomic E-state index is 0.292. The molecule has 0 aromatic heterocycles. The molecule has 0 aliphatic carbocycles. The molecule has 0 rings (SSSR count). The van der Waals surface area contributed by atoms with Crippen LogP contribution in [0.4, 0.5) is 0 Å². The first kappa shape index (κ1) is 13.9. The molecule has 3 unspecified atom stereocenters. The van der Waals surface area contributed by atoms with Crippen molar-refractivity contribution >= 4 is 0 Å². The van der Waals surface area contributed by atoms with Crippen LogP contribution in [-0.2, 0) is 0 Å². The Bertz CT molecular complexity index is 147. The lowest BCUT2D eigenvalue weighted by atomic mass is 9.81. The normalized spacial score (nSPS) is 20.1. The fourth-order valence-electron chi connectivity index (χ4n) is 1.73. The van der Waals surface area contributed by atoms with Crippen molar-refractivity contribution in [2.75, 3.05) is 14.1 Å². The van der Waals surface area contributed by atoms with Gasteiger partial charge in [-0.15, -0.1) is 0 Å². The van der Waals surface area contributed by atoms with Crippen molar-refractivity contribution in [3.63, 3.8) is 0 Å². The highest BCUT2D eigenvalue weighted by atomic mass is 14.9. The van der Waals surface area contributed by atoms with E-state index < -0.39 is 0 Å². The molecule has 0 bridgehead atoms. The van der Waals surface area contributed by atoms with E-state index in [0.29, 0.717) is 11.6 Å². The second kappa shape index (κ2) is 6.41. The Hall–Kier alpha value is -0.0800. The molecule has 86 valence electrons. The van der Waals surface area contributed by atoms with Crippen molar-refractivity contribution in [3.8, 4) is 0 Å². The molecule has 0 amide bonds. The summed E-state index contributed by atoms with van der Waals surface area (Å²) in [6.07, 6.45) is 3.71. The highest BCUT2D eigenvalue weighted by molar-refractivity contribution is 4.87. The molecular weight excluding hydrogens is 172 g/mol. The summed E-state index contributed by atoms with van der Waals surface area (Å²) in [5.41, 5.74) is 0.292. The average Bonchev–Trinajstić information content (AvgIpc) is 2.23. The Morgan fingerprint density at radius 2 is 1.79 bits per heavy atom. The molecule has 2 N–H and O–H groups in total. The zero-order chi connectivity index (χ0) is 11.2. The van der Waals surface area contributed by atoms with Crippen molar-refractivity contribution in [2.45, 2.75) is 58.5 Å². The molecule has 2 nitrogen and oxygen atoms in total. The molecule has 0 aliphatic heterocycles. The standard InChI is InChI=1S/C12H28N2/c1-7-10(2)12(4,14-6)9-8-11(3)13-5/h10-11,13-14H,7-9H2,1-6H3. The van der Waals surface area contributed by atoms with Crippen LogP contribution in [0.5, 0.6) is 0 Å². The summed E-state index contributed by atoms with van der Waals surface area (Å²) in [6.45, 7) is 9.18. The van der Waals surface area contributed by atoms with Gasteiger partial charge in [-0.25, -0.2) is 0 Å². The Kier molecular flexibility index (Phi) is 6.38. The fraction of sp³-hybridized carbons (Fsp3) is 1.00. The molecule has 0 spiro atoms. The first-order chi connectivity index (χ1) is 6.50. The summed E-state index contributed by atoms with van der Waals surface area (Å²) >= 11 is 0. The second-order valence-electron chi connectivity index (χ2n) is 4.71. The highest BCUT2D eigenvalue weighted by Gasteiger charge is 2.27. The summed E-state index contributed by atoms with van der Waals surface area (Å²) in [4.78, 5) is 0. The molecule has 0 heterocycles. The summed E-state index contributed by atoms with van der Waals surface area (Å²) < 4.78 is 0. The molecule has 0 saturated carbocycles. The second-order valence-corrected chi connectivity index (χ2v) is 4.71. The Morgan fingerprint density at radius 3 is 2.14 bits per heavy atom. The topological polar surface area (TPSA) is 24.1 Å². The summed E-state index contributed by atoms with van der Waals surface area (Å²) in [7, 11) is 4.11. The number of rotatable bonds is 7. The van der Waals surface area contributed by atoms with Crippen LogP contribution in [-0.4, -0.2) is 25.7 Å². The zero-order valence-corrected chi connectivity index (χ0v) is 10.8. The Labute approximate surface area is 89.9 Å². The van der Waals surface area contributed by atoms with E-state index in [2.05, 4.69) is 45.4 Å². The summed E-state index contributed by atoms with van der Waals surface area (Å²) in [6, 6.07) is 0.617. The van der Waals surface area contributed by atoms with E-state index in [1.807, 2.05) is 7.05 Å². The molecular formula is C12H28N2.